The molecular formula is C24H31NO8S. The molecule has 186 valence electrons. The smallest absolute Gasteiger partial charge is 0.317 e. The predicted octanol–water partition coefficient (Wildman–Crippen LogP) is 0.920. The van der Waals surface area contributed by atoms with Gasteiger partial charge in [0.15, 0.2) is 5.78 Å². The molecule has 1 aliphatic carbocycles. The van der Waals surface area contributed by atoms with E-state index in [1.165, 1.54) is 18.2 Å². The summed E-state index contributed by atoms with van der Waals surface area (Å²) in [7, 11) is -3.34. The number of nitrogens with one attached hydrogen (secondary N) is 1. The fourth-order valence-corrected chi connectivity index (χ4v) is 4.05. The van der Waals surface area contributed by atoms with Gasteiger partial charge in [-0.2, -0.15) is 0 Å². The zero-order valence-corrected chi connectivity index (χ0v) is 20.2. The molecule has 0 fully saturated rings. The van der Waals surface area contributed by atoms with Gasteiger partial charge in [-0.1, -0.05) is 43.9 Å². The van der Waals surface area contributed by atoms with Gasteiger partial charge in [-0.05, 0) is 24.6 Å². The van der Waals surface area contributed by atoms with Crippen LogP contribution in [-0.2, 0) is 24.3 Å². The number of esters is 1. The van der Waals surface area contributed by atoms with E-state index in [4.69, 9.17) is 4.74 Å². The van der Waals surface area contributed by atoms with Crippen molar-refractivity contribution in [3.05, 3.63) is 47.8 Å². The third-order valence-corrected chi connectivity index (χ3v) is 6.27. The molecule has 1 aliphatic heterocycles. The maximum absolute atomic E-state index is 13.0. The van der Waals surface area contributed by atoms with Crippen molar-refractivity contribution in [3.8, 4) is 11.8 Å². The number of cyclic esters (lactones) is 1. The summed E-state index contributed by atoms with van der Waals surface area (Å²) in [5.41, 5.74) is -0.695. The molecule has 0 aromatic carbocycles. The lowest BCUT2D eigenvalue weighted by molar-refractivity contribution is -0.151. The molecule has 2 rings (SSSR count). The highest BCUT2D eigenvalue weighted by molar-refractivity contribution is 7.88. The SMILES string of the molecule is C[C@@H]1/C=C\C(=O)[C@@H](O)[C@@H](O)C/C=C/C2(C)C(C#CCCNS(C)(=O)=O)=CC=C(O)C2C(=O)OC1. The van der Waals surface area contributed by atoms with Crippen molar-refractivity contribution < 1.29 is 38.1 Å². The number of aliphatic hydroxyl groups excluding tert-OH is 3. The van der Waals surface area contributed by atoms with Crippen LogP contribution in [0.3, 0.4) is 0 Å². The largest absolute Gasteiger partial charge is 0.511 e. The molecular weight excluding hydrogens is 462 g/mol. The van der Waals surface area contributed by atoms with Crippen LogP contribution < -0.4 is 4.72 Å². The summed E-state index contributed by atoms with van der Waals surface area (Å²) in [6.45, 7) is 3.44. The van der Waals surface area contributed by atoms with Crippen molar-refractivity contribution in [2.24, 2.45) is 17.3 Å². The lowest BCUT2D eigenvalue weighted by Crippen LogP contribution is -2.38. The van der Waals surface area contributed by atoms with Crippen LogP contribution in [0.1, 0.15) is 26.7 Å². The maximum atomic E-state index is 13.0. The van der Waals surface area contributed by atoms with E-state index in [-0.39, 0.29) is 37.7 Å². The molecule has 10 heteroatoms. The van der Waals surface area contributed by atoms with E-state index in [1.807, 2.05) is 0 Å². The standard InChI is InChI=1S/C24H31NO8S/c1-16-9-11-20(28)22(29)19(27)8-6-13-24(2)17(7-4-5-14-25-34(3,31)32)10-12-18(26)21(24)23(30)33-15-16/h6,9-13,16,19,21-22,25-27,29H,5,8,14-15H2,1-3H3/b11-9-,13-6+/t16-,19+,21?,22+,24?/m1/s1. The first kappa shape index (κ1) is 27.5. The number of allylic oxidation sites excluding steroid dienone is 4. The fourth-order valence-electron chi connectivity index (χ4n) is 3.57. The Labute approximate surface area is 199 Å². The summed E-state index contributed by atoms with van der Waals surface area (Å²) in [4.78, 5) is 25.1. The van der Waals surface area contributed by atoms with Crippen molar-refractivity contribution in [2.45, 2.75) is 38.9 Å². The number of hydrogen-bond donors (Lipinski definition) is 4. The number of aliphatic hydroxyl groups is 3. The molecule has 0 spiro atoms. The minimum atomic E-state index is -3.34. The van der Waals surface area contributed by atoms with Gasteiger partial charge in [0.05, 0.1) is 19.0 Å². The topological polar surface area (TPSA) is 150 Å². The third kappa shape index (κ3) is 7.40. The molecule has 0 amide bonds. The molecule has 2 aliphatic rings. The fraction of sp³-hybridized carbons (Fsp3) is 0.500. The van der Waals surface area contributed by atoms with Crippen LogP contribution in [0.2, 0.25) is 0 Å². The Bertz CT molecular complexity index is 1080. The summed E-state index contributed by atoms with van der Waals surface area (Å²) in [5.74, 6) is 2.78. The first-order valence-corrected chi connectivity index (χ1v) is 12.7. The monoisotopic (exact) mass is 493 g/mol. The molecule has 9 nitrogen and oxygen atoms in total. The van der Waals surface area contributed by atoms with Gasteiger partial charge in [-0.15, -0.1) is 0 Å². The van der Waals surface area contributed by atoms with Crippen molar-refractivity contribution in [3.63, 3.8) is 0 Å². The van der Waals surface area contributed by atoms with Crippen molar-refractivity contribution in [1.29, 1.82) is 0 Å². The number of carbonyl (C=O) groups excluding carboxylic acids is 2. The molecule has 1 heterocycles. The van der Waals surface area contributed by atoms with Crippen LogP contribution in [0.4, 0.5) is 0 Å². The van der Waals surface area contributed by atoms with E-state index in [0.29, 0.717) is 5.57 Å². The summed E-state index contributed by atoms with van der Waals surface area (Å²) in [6, 6.07) is 0. The molecule has 0 bridgehead atoms. The lowest BCUT2D eigenvalue weighted by Gasteiger charge is -2.36. The molecule has 0 saturated carbocycles. The Balaban J connectivity index is 2.40. The van der Waals surface area contributed by atoms with E-state index >= 15 is 0 Å². The normalized spacial score (nSPS) is 32.6. The molecule has 0 saturated heterocycles. The van der Waals surface area contributed by atoms with Crippen molar-refractivity contribution in [1.82, 2.24) is 4.72 Å². The number of ether oxygens (including phenoxy) is 1. The van der Waals surface area contributed by atoms with Gasteiger partial charge in [0.2, 0.25) is 10.0 Å². The second-order valence-corrected chi connectivity index (χ2v) is 10.5. The van der Waals surface area contributed by atoms with Crippen molar-refractivity contribution in [2.75, 3.05) is 19.4 Å². The Morgan fingerprint density at radius 2 is 1.97 bits per heavy atom. The van der Waals surface area contributed by atoms with Gasteiger partial charge in [0, 0.05) is 29.9 Å². The first-order chi connectivity index (χ1) is 15.8. The van der Waals surface area contributed by atoms with Crippen LogP contribution in [0, 0.1) is 29.1 Å². The van der Waals surface area contributed by atoms with Gasteiger partial charge in [0.25, 0.3) is 0 Å². The van der Waals surface area contributed by atoms with E-state index < -0.39 is 45.3 Å². The van der Waals surface area contributed by atoms with Crippen LogP contribution in [0.25, 0.3) is 0 Å². The number of ketones is 1. The van der Waals surface area contributed by atoms with Gasteiger partial charge in [-0.3, -0.25) is 9.59 Å². The minimum absolute atomic E-state index is 0.0628. The van der Waals surface area contributed by atoms with Crippen LogP contribution in [-0.4, -0.2) is 67.1 Å². The number of sulfonamides is 1. The zero-order valence-electron chi connectivity index (χ0n) is 19.4. The average molecular weight is 494 g/mol. The summed E-state index contributed by atoms with van der Waals surface area (Å²) >= 11 is 0. The second-order valence-electron chi connectivity index (χ2n) is 8.62. The third-order valence-electron chi connectivity index (χ3n) is 5.54. The summed E-state index contributed by atoms with van der Waals surface area (Å²) in [6.07, 6.45) is 6.85. The Kier molecular flexibility index (Phi) is 9.41. The number of fused-ring (bicyclic) bond motifs is 1. The average Bonchev–Trinajstić information content (AvgIpc) is 2.75. The van der Waals surface area contributed by atoms with E-state index in [9.17, 15) is 33.3 Å². The Morgan fingerprint density at radius 1 is 1.26 bits per heavy atom. The second kappa shape index (κ2) is 11.6. The van der Waals surface area contributed by atoms with Crippen LogP contribution in [0.15, 0.2) is 47.8 Å². The summed E-state index contributed by atoms with van der Waals surface area (Å²) < 4.78 is 30.2. The molecule has 34 heavy (non-hydrogen) atoms. The van der Waals surface area contributed by atoms with Crippen molar-refractivity contribution >= 4 is 21.8 Å². The number of carbonyl (C=O) groups is 2. The number of rotatable bonds is 3. The zero-order chi connectivity index (χ0) is 25.5. The van der Waals surface area contributed by atoms with Crippen LogP contribution >= 0.6 is 0 Å². The van der Waals surface area contributed by atoms with E-state index in [0.717, 1.165) is 12.3 Å². The van der Waals surface area contributed by atoms with E-state index in [1.54, 1.807) is 26.0 Å². The molecule has 0 aromatic heterocycles. The quantitative estimate of drug-likeness (QED) is 0.196. The highest BCUT2D eigenvalue weighted by Gasteiger charge is 2.45. The van der Waals surface area contributed by atoms with Crippen LogP contribution in [0.5, 0.6) is 0 Å². The number of hydrogen-bond acceptors (Lipinski definition) is 8. The van der Waals surface area contributed by atoms with Gasteiger partial charge in [0.1, 0.15) is 17.8 Å². The van der Waals surface area contributed by atoms with E-state index in [2.05, 4.69) is 16.6 Å². The highest BCUT2D eigenvalue weighted by atomic mass is 32.2. The highest BCUT2D eigenvalue weighted by Crippen LogP contribution is 2.44. The molecule has 0 radical (unpaired) electrons. The van der Waals surface area contributed by atoms with Gasteiger partial charge < -0.3 is 20.1 Å². The Morgan fingerprint density at radius 3 is 2.65 bits per heavy atom. The molecule has 4 N–H and O–H groups in total. The summed E-state index contributed by atoms with van der Waals surface area (Å²) in [5, 5.41) is 30.9. The lowest BCUT2D eigenvalue weighted by atomic mass is 9.67. The maximum Gasteiger partial charge on any atom is 0.317 e. The minimum Gasteiger partial charge on any atom is -0.511 e. The first-order valence-electron chi connectivity index (χ1n) is 10.8. The van der Waals surface area contributed by atoms with Gasteiger partial charge >= 0.3 is 5.97 Å². The molecule has 0 aromatic rings. The molecule has 5 atom stereocenters. The predicted molar refractivity (Wildman–Crippen MR) is 126 cm³/mol. The van der Waals surface area contributed by atoms with Gasteiger partial charge in [-0.25, -0.2) is 13.1 Å². The Hall–Kier alpha value is -2.71. The molecule has 2 unspecified atom stereocenters.